The number of alkyl halides is 1. The van der Waals surface area contributed by atoms with Gasteiger partial charge in [-0.1, -0.05) is 49.8 Å². The molecule has 0 amide bonds. The van der Waals surface area contributed by atoms with Crippen LogP contribution in [0.2, 0.25) is 0 Å². The highest BCUT2D eigenvalue weighted by Crippen LogP contribution is 2.44. The average Bonchev–Trinajstić information content (AvgIpc) is 2.26. The molecule has 6 unspecified atom stereocenters. The molecule has 0 N–H and O–H groups in total. The van der Waals surface area contributed by atoms with Gasteiger partial charge in [0.1, 0.15) is 0 Å². The van der Waals surface area contributed by atoms with E-state index in [2.05, 4.69) is 43.4 Å². The molecule has 2 rings (SSSR count). The van der Waals surface area contributed by atoms with E-state index in [9.17, 15) is 0 Å². The summed E-state index contributed by atoms with van der Waals surface area (Å²) in [5.74, 6) is 5.06. The number of hydrogen-bond donors (Lipinski definition) is 0. The van der Waals surface area contributed by atoms with Gasteiger partial charge < -0.3 is 0 Å². The summed E-state index contributed by atoms with van der Waals surface area (Å²) in [6, 6.07) is 0. The van der Waals surface area contributed by atoms with Crippen molar-refractivity contribution in [2.75, 3.05) is 0 Å². The van der Waals surface area contributed by atoms with Crippen molar-refractivity contribution in [2.45, 2.75) is 63.2 Å². The van der Waals surface area contributed by atoms with E-state index in [4.69, 9.17) is 0 Å². The van der Waals surface area contributed by atoms with Crippen LogP contribution >= 0.6 is 22.6 Å². The quantitative estimate of drug-likeness (QED) is 0.451. The summed E-state index contributed by atoms with van der Waals surface area (Å²) in [5.41, 5.74) is 0. The van der Waals surface area contributed by atoms with Crippen LogP contribution in [0.4, 0.5) is 0 Å². The molecule has 6 atom stereocenters. The van der Waals surface area contributed by atoms with Gasteiger partial charge in [0.15, 0.2) is 0 Å². The van der Waals surface area contributed by atoms with Gasteiger partial charge >= 0.3 is 0 Å². The van der Waals surface area contributed by atoms with Crippen molar-refractivity contribution < 1.29 is 0 Å². The first-order valence-corrected chi connectivity index (χ1v) is 8.46. The van der Waals surface area contributed by atoms with Gasteiger partial charge in [-0.15, -0.1) is 0 Å². The molecule has 2 aliphatic carbocycles. The Kier molecular flexibility index (Phi) is 4.59. The maximum Gasteiger partial charge on any atom is 0.0138 e. The van der Waals surface area contributed by atoms with Gasteiger partial charge in [0.2, 0.25) is 0 Å². The van der Waals surface area contributed by atoms with E-state index in [1.54, 1.807) is 0 Å². The van der Waals surface area contributed by atoms with Crippen LogP contribution in [-0.4, -0.2) is 3.92 Å². The summed E-state index contributed by atoms with van der Waals surface area (Å²) in [6.45, 7) is 7.37. The molecule has 0 radical (unpaired) electrons. The van der Waals surface area contributed by atoms with Crippen LogP contribution in [0.15, 0.2) is 0 Å². The van der Waals surface area contributed by atoms with Gasteiger partial charge in [-0.25, -0.2) is 0 Å². The lowest BCUT2D eigenvalue weighted by atomic mass is 9.67. The van der Waals surface area contributed by atoms with Crippen molar-refractivity contribution in [1.29, 1.82) is 0 Å². The molecule has 0 aromatic carbocycles. The van der Waals surface area contributed by atoms with Gasteiger partial charge in [-0.05, 0) is 61.7 Å². The summed E-state index contributed by atoms with van der Waals surface area (Å²) in [5, 5.41) is 0. The topological polar surface area (TPSA) is 0 Å². The van der Waals surface area contributed by atoms with Crippen molar-refractivity contribution in [3.05, 3.63) is 0 Å². The summed E-state index contributed by atoms with van der Waals surface area (Å²) in [7, 11) is 0. The molecule has 0 bridgehead atoms. The van der Waals surface area contributed by atoms with Crippen molar-refractivity contribution in [2.24, 2.45) is 29.6 Å². The Balaban J connectivity index is 1.88. The lowest BCUT2D eigenvalue weighted by molar-refractivity contribution is 0.124. The predicted octanol–water partition coefficient (Wildman–Crippen LogP) is 5.30. The molecule has 16 heavy (non-hydrogen) atoms. The molecule has 0 heterocycles. The monoisotopic (exact) mass is 334 g/mol. The first kappa shape index (κ1) is 13.2. The smallest absolute Gasteiger partial charge is 0.0138 e. The largest absolute Gasteiger partial charge is 0.0823 e. The lowest BCUT2D eigenvalue weighted by Crippen LogP contribution is -2.32. The average molecular weight is 334 g/mol. The van der Waals surface area contributed by atoms with E-state index in [0.717, 1.165) is 33.5 Å². The molecule has 1 heteroatoms. The third-order valence-electron chi connectivity index (χ3n) is 5.44. The second kappa shape index (κ2) is 5.58. The molecule has 0 aliphatic heterocycles. The number of hydrogen-bond acceptors (Lipinski definition) is 0. The zero-order chi connectivity index (χ0) is 11.7. The van der Waals surface area contributed by atoms with Crippen molar-refractivity contribution in [3.63, 3.8) is 0 Å². The minimum Gasteiger partial charge on any atom is -0.0823 e. The SMILES string of the molecule is CC1CCC(C2CCC(C)C(I)C2)CC1C. The summed E-state index contributed by atoms with van der Waals surface area (Å²) in [4.78, 5) is 0. The highest BCUT2D eigenvalue weighted by atomic mass is 127. The second-order valence-corrected chi connectivity index (χ2v) is 8.19. The molecule has 2 aliphatic rings. The molecular weight excluding hydrogens is 307 g/mol. The zero-order valence-electron chi connectivity index (χ0n) is 11.1. The van der Waals surface area contributed by atoms with Crippen LogP contribution in [0, 0.1) is 29.6 Å². The van der Waals surface area contributed by atoms with Gasteiger partial charge in [0.25, 0.3) is 0 Å². The highest BCUT2D eigenvalue weighted by Gasteiger charge is 2.34. The number of rotatable bonds is 1. The van der Waals surface area contributed by atoms with Crippen LogP contribution in [0.3, 0.4) is 0 Å². The van der Waals surface area contributed by atoms with Gasteiger partial charge in [-0.3, -0.25) is 0 Å². The Labute approximate surface area is 115 Å². The molecule has 0 aromatic heterocycles. The molecule has 2 fully saturated rings. The van der Waals surface area contributed by atoms with E-state index in [0.29, 0.717) is 0 Å². The Morgan fingerprint density at radius 3 is 1.81 bits per heavy atom. The van der Waals surface area contributed by atoms with Gasteiger partial charge in [0, 0.05) is 3.92 Å². The van der Waals surface area contributed by atoms with E-state index in [1.165, 1.54) is 38.5 Å². The Bertz CT molecular complexity index is 201. The fourth-order valence-electron chi connectivity index (χ4n) is 3.74. The molecule has 2 saturated carbocycles. The first-order chi connectivity index (χ1) is 7.58. The Morgan fingerprint density at radius 1 is 0.688 bits per heavy atom. The standard InChI is InChI=1S/C15H27I/c1-10-4-6-13(8-12(10)3)14-7-5-11(2)15(16)9-14/h10-15H,4-9H2,1-3H3. The minimum atomic E-state index is 0.950. The number of halogens is 1. The van der Waals surface area contributed by atoms with Crippen molar-refractivity contribution in [3.8, 4) is 0 Å². The third-order valence-corrected chi connectivity index (χ3v) is 7.18. The fraction of sp³-hybridized carbons (Fsp3) is 1.00. The molecule has 0 spiro atoms. The first-order valence-electron chi connectivity index (χ1n) is 7.22. The van der Waals surface area contributed by atoms with E-state index < -0.39 is 0 Å². The van der Waals surface area contributed by atoms with Crippen molar-refractivity contribution in [1.82, 2.24) is 0 Å². The Hall–Kier alpha value is 0.730. The molecule has 94 valence electrons. The molecule has 0 saturated heterocycles. The normalized spacial score (nSPS) is 50.2. The van der Waals surface area contributed by atoms with Crippen LogP contribution < -0.4 is 0 Å². The van der Waals surface area contributed by atoms with Crippen LogP contribution in [0.25, 0.3) is 0 Å². The van der Waals surface area contributed by atoms with E-state index in [-0.39, 0.29) is 0 Å². The van der Waals surface area contributed by atoms with Gasteiger partial charge in [-0.2, -0.15) is 0 Å². The molecule has 0 aromatic rings. The Morgan fingerprint density at radius 2 is 1.25 bits per heavy atom. The maximum atomic E-state index is 2.70. The minimum absolute atomic E-state index is 0.950. The van der Waals surface area contributed by atoms with Crippen LogP contribution in [-0.2, 0) is 0 Å². The summed E-state index contributed by atoms with van der Waals surface area (Å²) in [6.07, 6.45) is 9.04. The predicted molar refractivity (Wildman–Crippen MR) is 80.0 cm³/mol. The van der Waals surface area contributed by atoms with Crippen molar-refractivity contribution >= 4 is 22.6 Å². The zero-order valence-corrected chi connectivity index (χ0v) is 13.2. The van der Waals surface area contributed by atoms with E-state index >= 15 is 0 Å². The molecule has 0 nitrogen and oxygen atoms in total. The van der Waals surface area contributed by atoms with Crippen LogP contribution in [0.5, 0.6) is 0 Å². The van der Waals surface area contributed by atoms with E-state index in [1.807, 2.05) is 0 Å². The van der Waals surface area contributed by atoms with Gasteiger partial charge in [0.05, 0.1) is 0 Å². The summed E-state index contributed by atoms with van der Waals surface area (Å²) < 4.78 is 0.950. The summed E-state index contributed by atoms with van der Waals surface area (Å²) >= 11 is 2.70. The highest BCUT2D eigenvalue weighted by molar-refractivity contribution is 14.1. The fourth-order valence-corrected chi connectivity index (χ4v) is 4.76. The lowest BCUT2D eigenvalue weighted by Gasteiger charge is -2.41. The third kappa shape index (κ3) is 2.94. The maximum absolute atomic E-state index is 2.70. The van der Waals surface area contributed by atoms with Crippen LogP contribution in [0.1, 0.15) is 59.3 Å². The molecular formula is C15H27I. The second-order valence-electron chi connectivity index (χ2n) is 6.59.